The molecule has 2 heteroatoms. The van der Waals surface area contributed by atoms with Gasteiger partial charge in [-0.05, 0) is 0 Å². The number of hydrogen-bond donors (Lipinski definition) is 0. The Balaban J connectivity index is 2.16. The van der Waals surface area contributed by atoms with Crippen molar-refractivity contribution in [3.05, 3.63) is 0 Å². The van der Waals surface area contributed by atoms with Crippen molar-refractivity contribution in [3.63, 3.8) is 0 Å². The molecule has 0 bridgehead atoms. The maximum atomic E-state index is 9.77. The Morgan fingerprint density at radius 1 is 1.67 bits per heavy atom. The Labute approximate surface area is 41.1 Å². The second-order valence-electron chi connectivity index (χ2n) is 1.43. The van der Waals surface area contributed by atoms with Gasteiger partial charge in [-0.2, -0.15) is 11.8 Å². The van der Waals surface area contributed by atoms with E-state index in [-0.39, 0.29) is 0 Å². The van der Waals surface area contributed by atoms with Gasteiger partial charge in [0.25, 0.3) is 0 Å². The summed E-state index contributed by atoms with van der Waals surface area (Å²) in [6, 6.07) is 0. The second kappa shape index (κ2) is 1.65. The van der Waals surface area contributed by atoms with Crippen molar-refractivity contribution >= 4 is 18.0 Å². The normalized spacial score (nSPS) is 22.7. The van der Waals surface area contributed by atoms with Crippen LogP contribution in [-0.2, 0) is 4.79 Å². The summed E-state index contributed by atoms with van der Waals surface area (Å²) >= 11 is 1.84. The van der Waals surface area contributed by atoms with Gasteiger partial charge in [-0.15, -0.1) is 0 Å². The zero-order chi connectivity index (χ0) is 4.41. The van der Waals surface area contributed by atoms with Gasteiger partial charge in [-0.3, -0.25) is 0 Å². The quantitative estimate of drug-likeness (QED) is 0.450. The standard InChI is InChI=1S/C4H6OS/c5-1-4-2-6-3-4/h1,4H,2-3H2. The van der Waals surface area contributed by atoms with Crippen LogP contribution < -0.4 is 0 Å². The highest BCUT2D eigenvalue weighted by atomic mass is 32.2. The molecule has 0 aromatic carbocycles. The molecule has 0 unspecified atom stereocenters. The van der Waals surface area contributed by atoms with Gasteiger partial charge in [0.15, 0.2) is 0 Å². The lowest BCUT2D eigenvalue weighted by Gasteiger charge is -2.17. The van der Waals surface area contributed by atoms with E-state index < -0.39 is 0 Å². The first kappa shape index (κ1) is 4.19. The molecule has 34 valence electrons. The van der Waals surface area contributed by atoms with Crippen LogP contribution in [0.15, 0.2) is 0 Å². The maximum absolute atomic E-state index is 9.77. The SMILES string of the molecule is O=CC1CSC1. The van der Waals surface area contributed by atoms with E-state index in [1.807, 2.05) is 11.8 Å². The fourth-order valence-electron chi connectivity index (χ4n) is 0.333. The lowest BCUT2D eigenvalue weighted by atomic mass is 10.2. The Morgan fingerprint density at radius 2 is 2.33 bits per heavy atom. The van der Waals surface area contributed by atoms with Gasteiger partial charge in [0.1, 0.15) is 6.29 Å². The minimum Gasteiger partial charge on any atom is -0.303 e. The van der Waals surface area contributed by atoms with Crippen LogP contribution in [0.25, 0.3) is 0 Å². The van der Waals surface area contributed by atoms with E-state index in [1.54, 1.807) is 0 Å². The third kappa shape index (κ3) is 0.570. The van der Waals surface area contributed by atoms with E-state index in [2.05, 4.69) is 0 Å². The third-order valence-corrected chi connectivity index (χ3v) is 2.18. The van der Waals surface area contributed by atoms with Crippen LogP contribution >= 0.6 is 11.8 Å². The molecule has 0 amide bonds. The molecule has 0 atom stereocenters. The molecule has 1 aliphatic rings. The molecule has 0 aromatic heterocycles. The summed E-state index contributed by atoms with van der Waals surface area (Å²) in [5, 5.41) is 0. The minimum absolute atomic E-state index is 0.398. The zero-order valence-electron chi connectivity index (χ0n) is 3.39. The molecule has 1 heterocycles. The van der Waals surface area contributed by atoms with Crippen molar-refractivity contribution in [2.24, 2.45) is 5.92 Å². The first-order valence-corrected chi connectivity index (χ1v) is 3.12. The topological polar surface area (TPSA) is 17.1 Å². The molecule has 0 radical (unpaired) electrons. The highest BCUT2D eigenvalue weighted by Gasteiger charge is 2.15. The fraction of sp³-hybridized carbons (Fsp3) is 0.750. The summed E-state index contributed by atoms with van der Waals surface area (Å²) in [7, 11) is 0. The van der Waals surface area contributed by atoms with Crippen LogP contribution in [0, 0.1) is 5.92 Å². The molecule has 0 N–H and O–H groups in total. The van der Waals surface area contributed by atoms with Crippen molar-refractivity contribution in [3.8, 4) is 0 Å². The fourth-order valence-corrected chi connectivity index (χ4v) is 0.998. The first-order valence-electron chi connectivity index (χ1n) is 1.96. The van der Waals surface area contributed by atoms with Gasteiger partial charge in [-0.25, -0.2) is 0 Å². The predicted molar refractivity (Wildman–Crippen MR) is 26.9 cm³/mol. The number of aldehydes is 1. The molecule has 1 saturated heterocycles. The molecule has 0 spiro atoms. The summed E-state index contributed by atoms with van der Waals surface area (Å²) in [5.74, 6) is 2.52. The van der Waals surface area contributed by atoms with Crippen molar-refractivity contribution in [2.45, 2.75) is 0 Å². The third-order valence-electron chi connectivity index (χ3n) is 0.856. The van der Waals surface area contributed by atoms with Crippen LogP contribution in [0.2, 0.25) is 0 Å². The largest absolute Gasteiger partial charge is 0.303 e. The van der Waals surface area contributed by atoms with Crippen molar-refractivity contribution in [2.75, 3.05) is 11.5 Å². The van der Waals surface area contributed by atoms with Gasteiger partial charge in [0.05, 0.1) is 0 Å². The Hall–Kier alpha value is 0.0200. The van der Waals surface area contributed by atoms with Crippen LogP contribution in [0.1, 0.15) is 0 Å². The zero-order valence-corrected chi connectivity index (χ0v) is 4.20. The summed E-state index contributed by atoms with van der Waals surface area (Å²) in [6.07, 6.45) is 1.04. The minimum atomic E-state index is 0.398. The number of carbonyl (C=O) groups excluding carboxylic acids is 1. The summed E-state index contributed by atoms with van der Waals surface area (Å²) in [5.41, 5.74) is 0. The van der Waals surface area contributed by atoms with Gasteiger partial charge in [0, 0.05) is 17.4 Å². The molecule has 0 aromatic rings. The molecular weight excluding hydrogens is 96.1 g/mol. The van der Waals surface area contributed by atoms with E-state index in [0.717, 1.165) is 17.8 Å². The highest BCUT2D eigenvalue weighted by molar-refractivity contribution is 8.00. The molecular formula is C4H6OS. The number of hydrogen-bond acceptors (Lipinski definition) is 2. The van der Waals surface area contributed by atoms with Crippen LogP contribution in [0.5, 0.6) is 0 Å². The Morgan fingerprint density at radius 3 is 2.33 bits per heavy atom. The van der Waals surface area contributed by atoms with E-state index in [9.17, 15) is 4.79 Å². The van der Waals surface area contributed by atoms with Crippen LogP contribution in [0.3, 0.4) is 0 Å². The van der Waals surface area contributed by atoms with Gasteiger partial charge < -0.3 is 4.79 Å². The summed E-state index contributed by atoms with van der Waals surface area (Å²) < 4.78 is 0. The Bertz CT molecular complexity index is 58.6. The monoisotopic (exact) mass is 102 g/mol. The Kier molecular flexibility index (Phi) is 1.15. The molecule has 1 rings (SSSR count). The van der Waals surface area contributed by atoms with Gasteiger partial charge in [-0.1, -0.05) is 0 Å². The lowest BCUT2D eigenvalue weighted by Crippen LogP contribution is -2.18. The molecule has 1 fully saturated rings. The van der Waals surface area contributed by atoms with Crippen LogP contribution in [0.4, 0.5) is 0 Å². The second-order valence-corrected chi connectivity index (χ2v) is 2.51. The van der Waals surface area contributed by atoms with Crippen molar-refractivity contribution < 1.29 is 4.79 Å². The molecule has 1 nitrogen and oxygen atoms in total. The average molecular weight is 102 g/mol. The summed E-state index contributed by atoms with van der Waals surface area (Å²) in [6.45, 7) is 0. The van der Waals surface area contributed by atoms with Crippen molar-refractivity contribution in [1.82, 2.24) is 0 Å². The molecule has 0 saturated carbocycles. The highest BCUT2D eigenvalue weighted by Crippen LogP contribution is 2.21. The predicted octanol–water partition coefficient (Wildman–Crippen LogP) is 0.548. The average Bonchev–Trinajstić information content (AvgIpc) is 1.31. The number of thioether (sulfide) groups is 1. The number of carbonyl (C=O) groups is 1. The molecule has 0 aliphatic carbocycles. The van der Waals surface area contributed by atoms with E-state index in [1.165, 1.54) is 0 Å². The van der Waals surface area contributed by atoms with E-state index in [0.29, 0.717) is 5.92 Å². The smallest absolute Gasteiger partial charge is 0.124 e. The van der Waals surface area contributed by atoms with Gasteiger partial charge in [0.2, 0.25) is 0 Å². The maximum Gasteiger partial charge on any atom is 0.124 e. The first-order chi connectivity index (χ1) is 2.93. The number of rotatable bonds is 1. The van der Waals surface area contributed by atoms with Crippen molar-refractivity contribution in [1.29, 1.82) is 0 Å². The van der Waals surface area contributed by atoms with E-state index >= 15 is 0 Å². The molecule has 1 aliphatic heterocycles. The summed E-state index contributed by atoms with van der Waals surface area (Å²) in [4.78, 5) is 9.77. The lowest BCUT2D eigenvalue weighted by molar-refractivity contribution is -0.110. The van der Waals surface area contributed by atoms with Gasteiger partial charge >= 0.3 is 0 Å². The van der Waals surface area contributed by atoms with Crippen LogP contribution in [-0.4, -0.2) is 17.8 Å². The molecule has 6 heavy (non-hydrogen) atoms. The van der Waals surface area contributed by atoms with E-state index in [4.69, 9.17) is 0 Å².